The van der Waals surface area contributed by atoms with Crippen LogP contribution in [0, 0.1) is 0 Å². The second-order valence-electron chi connectivity index (χ2n) is 5.77. The molecule has 2 aromatic carbocycles. The normalized spacial score (nSPS) is 19.2. The molecule has 1 heterocycles. The average Bonchev–Trinajstić information content (AvgIpc) is 3.24. The van der Waals surface area contributed by atoms with Crippen LogP contribution in [0.3, 0.4) is 0 Å². The molecule has 1 N–H and O–H groups in total. The molecule has 0 aliphatic carbocycles. The van der Waals surface area contributed by atoms with Crippen molar-refractivity contribution in [2.75, 3.05) is 17.3 Å². The van der Waals surface area contributed by atoms with E-state index in [4.69, 9.17) is 13.0 Å². The molecule has 0 spiro atoms. The van der Waals surface area contributed by atoms with E-state index >= 15 is 0 Å². The summed E-state index contributed by atoms with van der Waals surface area (Å²) in [6, 6.07) is 18.1. The number of para-hydroxylation sites is 1. The summed E-state index contributed by atoms with van der Waals surface area (Å²) in [5.74, 6) is -0.184. The van der Waals surface area contributed by atoms with Crippen molar-refractivity contribution >= 4 is 50.6 Å². The molecule has 7 nitrogen and oxygen atoms in total. The van der Waals surface area contributed by atoms with Gasteiger partial charge in [-0.3, -0.25) is 0 Å². The van der Waals surface area contributed by atoms with Gasteiger partial charge in [-0.05, 0) is 0 Å². The minimum atomic E-state index is -4.08. The molecule has 0 saturated carbocycles. The summed E-state index contributed by atoms with van der Waals surface area (Å²) >= 11 is -1.28. The predicted molar refractivity (Wildman–Crippen MR) is 100 cm³/mol. The zero-order valence-electron chi connectivity index (χ0n) is 13.9. The fourth-order valence-electron chi connectivity index (χ4n) is 2.30. The van der Waals surface area contributed by atoms with Gasteiger partial charge in [0.2, 0.25) is 0 Å². The first kappa shape index (κ1) is 20.9. The monoisotopic (exact) mass is 459 g/mol. The van der Waals surface area contributed by atoms with E-state index in [-0.39, 0.29) is 10.5 Å². The van der Waals surface area contributed by atoms with Gasteiger partial charge in [-0.2, -0.15) is 0 Å². The molecular formula is C16H18AsNO6S2-2. The fourth-order valence-corrected chi connectivity index (χ4v) is 10.1. The van der Waals surface area contributed by atoms with Crippen molar-refractivity contribution < 1.29 is 25.9 Å². The topological polar surface area (TPSA) is 126 Å². The molecule has 1 fully saturated rings. The molecular weight excluding hydrogens is 441 g/mol. The zero-order valence-corrected chi connectivity index (χ0v) is 17.4. The Morgan fingerprint density at radius 2 is 1.46 bits per heavy atom. The Labute approximate surface area is 158 Å². The molecule has 2 aromatic rings. The van der Waals surface area contributed by atoms with Crippen molar-refractivity contribution in [1.29, 1.82) is 0 Å². The van der Waals surface area contributed by atoms with Crippen LogP contribution in [0.15, 0.2) is 54.6 Å². The van der Waals surface area contributed by atoms with Gasteiger partial charge in [0.25, 0.3) is 0 Å². The number of nitrogens with one attached hydrogen (secondary N) is 1. The molecule has 1 aliphatic heterocycles. The Balaban J connectivity index is 0.000000431. The standard InChI is InChI=1S/C15H16AsNO3S.CH4O3S/c18-21(19,20)11-13-10-16(13)12-6-8-15(9-7-12)17-14-4-2-1-3-5-14;1-5(2,3)4/h1-9,13,17H,10-11H2,(H,18,19,20);1H3,(H,2,3,4)/p-2. The summed E-state index contributed by atoms with van der Waals surface area (Å²) in [6.07, 6.45) is 0.604. The van der Waals surface area contributed by atoms with E-state index in [2.05, 4.69) is 17.4 Å². The SMILES string of the molecule is CS(=O)(=O)[O-].O=S(=O)([O-])CC1C[As]1c1ccc(Nc2ccccc2)cc1. The molecule has 10 heteroatoms. The van der Waals surface area contributed by atoms with E-state index in [0.717, 1.165) is 16.6 Å². The maximum atomic E-state index is 10.8. The number of hydrogen-bond donors (Lipinski definition) is 1. The van der Waals surface area contributed by atoms with Crippen LogP contribution in [-0.2, 0) is 20.2 Å². The third-order valence-corrected chi connectivity index (χ3v) is 10.1. The van der Waals surface area contributed by atoms with Gasteiger partial charge in [0, 0.05) is 6.26 Å². The van der Waals surface area contributed by atoms with Gasteiger partial charge >= 0.3 is 129 Å². The predicted octanol–water partition coefficient (Wildman–Crippen LogP) is 1.22. The Morgan fingerprint density at radius 3 is 1.96 bits per heavy atom. The molecule has 26 heavy (non-hydrogen) atoms. The maximum absolute atomic E-state index is 10.8. The summed E-state index contributed by atoms with van der Waals surface area (Å²) in [7, 11) is -7.99. The van der Waals surface area contributed by atoms with Gasteiger partial charge in [-0.15, -0.1) is 0 Å². The molecule has 0 bridgehead atoms. The molecule has 1 saturated heterocycles. The van der Waals surface area contributed by atoms with Gasteiger partial charge in [0.05, 0.1) is 10.1 Å². The van der Waals surface area contributed by atoms with E-state index in [1.807, 2.05) is 42.5 Å². The number of benzene rings is 2. The zero-order chi connectivity index (χ0) is 19.4. The van der Waals surface area contributed by atoms with Crippen molar-refractivity contribution in [3.8, 4) is 0 Å². The third kappa shape index (κ3) is 8.33. The summed E-state index contributed by atoms with van der Waals surface area (Å²) in [4.78, 5) is 0. The second-order valence-corrected chi connectivity index (χ2v) is 14.0. The van der Waals surface area contributed by atoms with E-state index < -0.39 is 34.9 Å². The molecule has 3 rings (SSSR count). The summed E-state index contributed by atoms with van der Waals surface area (Å²) in [6.45, 7) is 0. The second kappa shape index (κ2) is 8.54. The van der Waals surface area contributed by atoms with Crippen molar-refractivity contribution in [3.05, 3.63) is 54.6 Å². The molecule has 0 radical (unpaired) electrons. The number of anilines is 2. The minimum absolute atomic E-state index is 0.132. The van der Waals surface area contributed by atoms with Gasteiger partial charge in [0.15, 0.2) is 0 Å². The van der Waals surface area contributed by atoms with E-state index in [1.165, 1.54) is 4.35 Å². The van der Waals surface area contributed by atoms with Crippen LogP contribution in [0.4, 0.5) is 11.4 Å². The van der Waals surface area contributed by atoms with Crippen LogP contribution >= 0.6 is 0 Å². The van der Waals surface area contributed by atoms with E-state index in [0.29, 0.717) is 6.26 Å². The first-order valence-corrected chi connectivity index (χ1v) is 14.3. The number of hydrogen-bond acceptors (Lipinski definition) is 7. The van der Waals surface area contributed by atoms with Gasteiger partial charge in [-0.25, -0.2) is 8.42 Å². The first-order valence-electron chi connectivity index (χ1n) is 7.54. The Bertz CT molecular complexity index is 922. The number of rotatable bonds is 5. The Kier molecular flexibility index (Phi) is 6.87. The van der Waals surface area contributed by atoms with Crippen LogP contribution < -0.4 is 9.67 Å². The van der Waals surface area contributed by atoms with Crippen LogP contribution in [0.25, 0.3) is 0 Å². The molecule has 1 aliphatic rings. The quantitative estimate of drug-likeness (QED) is 0.526. The summed E-state index contributed by atoms with van der Waals surface area (Å²) in [5, 5.41) is 4.24. The van der Waals surface area contributed by atoms with Crippen molar-refractivity contribution in [1.82, 2.24) is 0 Å². The van der Waals surface area contributed by atoms with Crippen LogP contribution in [0.1, 0.15) is 0 Å². The average molecular weight is 459 g/mol. The van der Waals surface area contributed by atoms with Crippen molar-refractivity contribution in [3.63, 3.8) is 0 Å². The van der Waals surface area contributed by atoms with Crippen LogP contribution in [0.2, 0.25) is 9.91 Å². The van der Waals surface area contributed by atoms with Gasteiger partial charge in [0.1, 0.15) is 0 Å². The fraction of sp³-hybridized carbons (Fsp3) is 0.250. The Hall–Kier alpha value is -1.38. The first-order chi connectivity index (χ1) is 12.0. The molecule has 0 amide bonds. The van der Waals surface area contributed by atoms with Crippen LogP contribution in [0.5, 0.6) is 0 Å². The molecule has 2 atom stereocenters. The Morgan fingerprint density at radius 1 is 0.962 bits per heavy atom. The van der Waals surface area contributed by atoms with Gasteiger partial charge in [-0.1, -0.05) is 0 Å². The van der Waals surface area contributed by atoms with Gasteiger partial charge < -0.3 is 4.55 Å². The van der Waals surface area contributed by atoms with E-state index in [1.54, 1.807) is 0 Å². The summed E-state index contributed by atoms with van der Waals surface area (Å²) < 4.78 is 60.9. The van der Waals surface area contributed by atoms with E-state index in [9.17, 15) is 13.0 Å². The molecule has 142 valence electrons. The third-order valence-electron chi connectivity index (χ3n) is 3.37. The molecule has 2 unspecified atom stereocenters. The van der Waals surface area contributed by atoms with Crippen LogP contribution in [-0.4, -0.2) is 52.6 Å². The molecule has 0 aromatic heterocycles. The van der Waals surface area contributed by atoms with Crippen molar-refractivity contribution in [2.45, 2.75) is 9.91 Å². The van der Waals surface area contributed by atoms with Crippen molar-refractivity contribution in [2.24, 2.45) is 0 Å². The summed E-state index contributed by atoms with van der Waals surface area (Å²) in [5.41, 5.74) is 2.04.